The molecule has 1 aliphatic rings. The van der Waals surface area contributed by atoms with Crippen molar-refractivity contribution in [2.24, 2.45) is 4.99 Å². The Morgan fingerprint density at radius 1 is 1.05 bits per heavy atom. The van der Waals surface area contributed by atoms with Crippen molar-refractivity contribution in [1.29, 1.82) is 0 Å². The van der Waals surface area contributed by atoms with Crippen LogP contribution in [0.5, 0.6) is 5.75 Å². The Kier molecular flexibility index (Phi) is 11.5. The zero-order valence-electron chi connectivity index (χ0n) is 23.4. The van der Waals surface area contributed by atoms with E-state index in [1.165, 1.54) is 0 Å². The number of rotatable bonds is 15. The number of ether oxygens (including phenoxy) is 2. The van der Waals surface area contributed by atoms with Gasteiger partial charge in [-0.05, 0) is 42.3 Å². The van der Waals surface area contributed by atoms with Crippen molar-refractivity contribution in [2.75, 3.05) is 19.8 Å². The molecule has 8 heteroatoms. The Labute approximate surface area is 250 Å². The summed E-state index contributed by atoms with van der Waals surface area (Å²) in [5, 5.41) is 9.02. The Hall–Kier alpha value is -3.46. The third-order valence-corrected chi connectivity index (χ3v) is 7.59. The predicted octanol–water partition coefficient (Wildman–Crippen LogP) is 6.38. The van der Waals surface area contributed by atoms with Crippen molar-refractivity contribution < 1.29 is 19.4 Å². The number of nitrogens with one attached hydrogen (secondary N) is 2. The first-order valence-electron chi connectivity index (χ1n) is 14.2. The van der Waals surface area contributed by atoms with Crippen LogP contribution in [0.25, 0.3) is 6.08 Å². The summed E-state index contributed by atoms with van der Waals surface area (Å²) in [7, 11) is 0. The lowest BCUT2D eigenvalue weighted by atomic mass is 9.84. The largest absolute Gasteiger partial charge is 0.494 e. The third kappa shape index (κ3) is 8.06. The van der Waals surface area contributed by atoms with Crippen LogP contribution in [0.3, 0.4) is 0 Å². The van der Waals surface area contributed by atoms with Crippen molar-refractivity contribution in [3.63, 3.8) is 0 Å². The van der Waals surface area contributed by atoms with Gasteiger partial charge >= 0.3 is 0 Å². The summed E-state index contributed by atoms with van der Waals surface area (Å²) in [6, 6.07) is 25.2. The molecule has 216 valence electrons. The molecule has 1 amide bonds. The predicted molar refractivity (Wildman–Crippen MR) is 167 cm³/mol. The Morgan fingerprint density at radius 3 is 2.54 bits per heavy atom. The maximum absolute atomic E-state index is 14.1. The molecular weight excluding hydrogens is 582 g/mol. The number of hydrogen-bond acceptors (Lipinski definition) is 6. The van der Waals surface area contributed by atoms with Gasteiger partial charge in [0.15, 0.2) is 11.6 Å². The lowest BCUT2D eigenvalue weighted by Crippen LogP contribution is -2.52. The van der Waals surface area contributed by atoms with Crippen LogP contribution >= 0.6 is 15.9 Å². The van der Waals surface area contributed by atoms with E-state index >= 15 is 0 Å². The molecule has 0 spiro atoms. The molecule has 3 aromatic carbocycles. The number of hydrazine groups is 1. The van der Waals surface area contributed by atoms with Crippen LogP contribution in [0, 0.1) is 0 Å². The van der Waals surface area contributed by atoms with Gasteiger partial charge in [-0.25, -0.2) is 10.4 Å². The van der Waals surface area contributed by atoms with E-state index in [-0.39, 0.29) is 12.5 Å². The molecule has 1 aliphatic heterocycles. The Morgan fingerprint density at radius 2 is 1.80 bits per heavy atom. The summed E-state index contributed by atoms with van der Waals surface area (Å²) in [6.07, 6.45) is 7.35. The number of amides is 1. The number of hydrogen-bond donors (Lipinski definition) is 3. The van der Waals surface area contributed by atoms with Crippen LogP contribution in [0.15, 0.2) is 94.4 Å². The average Bonchev–Trinajstić information content (AvgIpc) is 3.38. The van der Waals surface area contributed by atoms with Crippen LogP contribution < -0.4 is 15.6 Å². The van der Waals surface area contributed by atoms with Crippen LogP contribution in [-0.4, -0.2) is 42.2 Å². The van der Waals surface area contributed by atoms with Crippen molar-refractivity contribution in [3.8, 4) is 5.75 Å². The fourth-order valence-electron chi connectivity index (χ4n) is 4.63. The van der Waals surface area contributed by atoms with Crippen LogP contribution in [0.1, 0.15) is 61.8 Å². The standard InChI is InChI=1S/C33H38BrN3O4/c1-2-3-9-22-35-37-32(39)33(21-10-14-25-12-5-4-6-13-25)30(28-15-7-8-16-29(28)34)41-31(36-33)26-17-19-27(20-18-26)40-24-11-23-38/h4-8,10,12-20,30,35,38H,2-3,9,11,21-24H2,1H3,(H,37,39)/b14-10+/t30-,33-/m0/s1. The number of aliphatic hydroxyl groups excluding tert-OH is 1. The molecule has 0 saturated carbocycles. The summed E-state index contributed by atoms with van der Waals surface area (Å²) >= 11 is 3.68. The highest BCUT2D eigenvalue weighted by molar-refractivity contribution is 9.10. The van der Waals surface area contributed by atoms with Gasteiger partial charge in [-0.2, -0.15) is 0 Å². The van der Waals surface area contributed by atoms with Gasteiger partial charge in [0.05, 0.1) is 6.61 Å². The lowest BCUT2D eigenvalue weighted by molar-refractivity contribution is -0.129. The summed E-state index contributed by atoms with van der Waals surface area (Å²) < 4.78 is 13.1. The molecule has 0 radical (unpaired) electrons. The van der Waals surface area contributed by atoms with E-state index in [1.54, 1.807) is 0 Å². The summed E-state index contributed by atoms with van der Waals surface area (Å²) in [4.78, 5) is 19.1. The minimum Gasteiger partial charge on any atom is -0.494 e. The van der Waals surface area contributed by atoms with Crippen LogP contribution in [0.4, 0.5) is 0 Å². The van der Waals surface area contributed by atoms with Gasteiger partial charge in [0, 0.05) is 41.6 Å². The molecule has 0 unspecified atom stereocenters. The van der Waals surface area contributed by atoms with E-state index in [2.05, 4.69) is 33.7 Å². The molecule has 41 heavy (non-hydrogen) atoms. The van der Waals surface area contributed by atoms with Gasteiger partial charge < -0.3 is 14.6 Å². The Bertz CT molecular complexity index is 1310. The molecule has 0 fully saturated rings. The number of aliphatic imine (C=N–C) groups is 1. The second-order valence-electron chi connectivity index (χ2n) is 9.92. The number of carbonyl (C=O) groups excluding carboxylic acids is 1. The van der Waals surface area contributed by atoms with Gasteiger partial charge in [0.25, 0.3) is 5.91 Å². The van der Waals surface area contributed by atoms with E-state index in [1.807, 2.05) is 91.0 Å². The number of carbonyl (C=O) groups is 1. The van der Waals surface area contributed by atoms with E-state index < -0.39 is 11.6 Å². The highest BCUT2D eigenvalue weighted by Gasteiger charge is 2.53. The van der Waals surface area contributed by atoms with Crippen molar-refractivity contribution >= 4 is 33.8 Å². The number of aliphatic hydroxyl groups is 1. The number of benzene rings is 3. The minimum absolute atomic E-state index is 0.0789. The SMILES string of the molecule is CCCCCNNC(=O)[C@@]1(C/C=C/c2ccccc2)N=C(c2ccc(OCCCO)cc2)O[C@H]1c1ccccc1Br. The number of unbranched alkanes of at least 4 members (excludes halogenated alkanes) is 2. The molecular formula is C33H38BrN3O4. The molecule has 4 rings (SSSR count). The van der Waals surface area contributed by atoms with E-state index in [0.717, 1.165) is 40.4 Å². The van der Waals surface area contributed by atoms with Gasteiger partial charge in [-0.3, -0.25) is 10.2 Å². The normalized spacial score (nSPS) is 18.2. The maximum Gasteiger partial charge on any atom is 0.266 e. The lowest BCUT2D eigenvalue weighted by Gasteiger charge is -2.30. The first-order chi connectivity index (χ1) is 20.1. The molecule has 7 nitrogen and oxygen atoms in total. The monoisotopic (exact) mass is 619 g/mol. The quantitative estimate of drug-likeness (QED) is 0.136. The van der Waals surface area contributed by atoms with Gasteiger partial charge in [0.2, 0.25) is 5.90 Å². The number of halogens is 1. The smallest absolute Gasteiger partial charge is 0.266 e. The molecule has 0 bridgehead atoms. The second kappa shape index (κ2) is 15.5. The van der Waals surface area contributed by atoms with Crippen molar-refractivity contribution in [3.05, 3.63) is 106 Å². The maximum atomic E-state index is 14.1. The molecule has 0 aliphatic carbocycles. The summed E-state index contributed by atoms with van der Waals surface area (Å²) in [5.41, 5.74) is 7.40. The molecule has 3 N–H and O–H groups in total. The van der Waals surface area contributed by atoms with Gasteiger partial charge in [-0.15, -0.1) is 0 Å². The van der Waals surface area contributed by atoms with Gasteiger partial charge in [0.1, 0.15) is 5.75 Å². The summed E-state index contributed by atoms with van der Waals surface area (Å²) in [5.74, 6) is 0.822. The summed E-state index contributed by atoms with van der Waals surface area (Å²) in [6.45, 7) is 3.33. The van der Waals surface area contributed by atoms with Gasteiger partial charge in [-0.1, -0.05) is 96.4 Å². The fraction of sp³-hybridized carbons (Fsp3) is 0.333. The first-order valence-corrected chi connectivity index (χ1v) is 15.0. The zero-order valence-corrected chi connectivity index (χ0v) is 25.0. The van der Waals surface area contributed by atoms with E-state index in [4.69, 9.17) is 19.6 Å². The number of nitrogens with zero attached hydrogens (tertiary/aromatic N) is 1. The van der Waals surface area contributed by atoms with Crippen LogP contribution in [0.2, 0.25) is 0 Å². The Balaban J connectivity index is 1.70. The third-order valence-electron chi connectivity index (χ3n) is 6.86. The molecule has 2 atom stereocenters. The van der Waals surface area contributed by atoms with E-state index in [0.29, 0.717) is 37.6 Å². The highest BCUT2D eigenvalue weighted by Crippen LogP contribution is 2.44. The average molecular weight is 621 g/mol. The molecule has 3 aromatic rings. The second-order valence-corrected chi connectivity index (χ2v) is 10.8. The first kappa shape index (κ1) is 30.5. The fourth-order valence-corrected chi connectivity index (χ4v) is 5.13. The topological polar surface area (TPSA) is 92.2 Å². The van der Waals surface area contributed by atoms with E-state index in [9.17, 15) is 4.79 Å². The minimum atomic E-state index is -1.27. The highest BCUT2D eigenvalue weighted by atomic mass is 79.9. The molecule has 0 saturated heterocycles. The van der Waals surface area contributed by atoms with Crippen molar-refractivity contribution in [1.82, 2.24) is 10.9 Å². The zero-order chi connectivity index (χ0) is 28.9. The van der Waals surface area contributed by atoms with Crippen LogP contribution in [-0.2, 0) is 9.53 Å². The molecule has 1 heterocycles. The molecule has 0 aromatic heterocycles. The van der Waals surface area contributed by atoms with Crippen molar-refractivity contribution in [2.45, 2.75) is 50.7 Å².